The number of benzene rings is 2. The smallest absolute Gasteiger partial charge is 0.307 e. The van der Waals surface area contributed by atoms with Crippen LogP contribution in [0.4, 0.5) is 0 Å². The van der Waals surface area contributed by atoms with Gasteiger partial charge in [-0.1, -0.05) is 25.5 Å². The minimum Gasteiger partial charge on any atom is -0.507 e. The molecule has 33 heavy (non-hydrogen) atoms. The number of rotatable bonds is 10. The number of ketones is 1. The first-order valence-corrected chi connectivity index (χ1v) is 12.3. The van der Waals surface area contributed by atoms with Crippen LogP contribution in [0.15, 0.2) is 35.2 Å². The molecule has 1 aliphatic rings. The van der Waals surface area contributed by atoms with Crippen LogP contribution in [0, 0.1) is 5.92 Å². The lowest BCUT2D eigenvalue weighted by molar-refractivity contribution is -0.141. The molecule has 0 spiro atoms. The van der Waals surface area contributed by atoms with Crippen LogP contribution in [0.2, 0.25) is 0 Å². The predicted molar refractivity (Wildman–Crippen MR) is 122 cm³/mol. The summed E-state index contributed by atoms with van der Waals surface area (Å²) in [6.45, 7) is 3.41. The maximum absolute atomic E-state index is 13.2. The van der Waals surface area contributed by atoms with Gasteiger partial charge >= 0.3 is 5.97 Å². The minimum absolute atomic E-state index is 0.0398. The Labute approximate surface area is 193 Å². The van der Waals surface area contributed by atoms with Gasteiger partial charge in [-0.15, -0.1) is 0 Å². The van der Waals surface area contributed by atoms with Crippen LogP contribution in [-0.4, -0.2) is 54.9 Å². The van der Waals surface area contributed by atoms with E-state index in [0.717, 1.165) is 12.0 Å². The van der Waals surface area contributed by atoms with Crippen molar-refractivity contribution in [3.8, 4) is 11.5 Å². The van der Waals surface area contributed by atoms with Gasteiger partial charge in [-0.25, -0.2) is 8.42 Å². The number of nitrogens with zero attached hydrogens (tertiary/aromatic N) is 1. The van der Waals surface area contributed by atoms with Crippen molar-refractivity contribution in [1.82, 2.24) is 4.31 Å². The number of ether oxygens (including phenoxy) is 1. The summed E-state index contributed by atoms with van der Waals surface area (Å²) >= 11 is 0. The van der Waals surface area contributed by atoms with E-state index in [1.807, 2.05) is 6.92 Å². The summed E-state index contributed by atoms with van der Waals surface area (Å²) in [5.41, 5.74) is 2.06. The van der Waals surface area contributed by atoms with Crippen LogP contribution < -0.4 is 4.74 Å². The predicted octanol–water partition coefficient (Wildman–Crippen LogP) is 3.05. The molecule has 1 aliphatic carbocycles. The molecule has 0 aromatic heterocycles. The maximum Gasteiger partial charge on any atom is 0.307 e. The monoisotopic (exact) mass is 475 g/mol. The number of aromatic hydroxyl groups is 1. The zero-order valence-electron chi connectivity index (χ0n) is 19.0. The summed E-state index contributed by atoms with van der Waals surface area (Å²) in [5.74, 6) is -1.49. The second-order valence-electron chi connectivity index (χ2n) is 8.26. The molecule has 2 aromatic carbocycles. The van der Waals surface area contributed by atoms with Crippen molar-refractivity contribution in [3.63, 3.8) is 0 Å². The molecule has 0 fully saturated rings. The summed E-state index contributed by atoms with van der Waals surface area (Å²) in [4.78, 5) is 23.2. The molecule has 0 amide bonds. The molecular weight excluding hydrogens is 446 g/mol. The summed E-state index contributed by atoms with van der Waals surface area (Å²) in [6.07, 6.45) is 1.75. The summed E-state index contributed by atoms with van der Waals surface area (Å²) in [7, 11) is -2.40. The van der Waals surface area contributed by atoms with Gasteiger partial charge in [0, 0.05) is 19.2 Å². The maximum atomic E-state index is 13.2. The van der Waals surface area contributed by atoms with Gasteiger partial charge in [0.25, 0.3) is 0 Å². The molecule has 0 bridgehead atoms. The van der Waals surface area contributed by atoms with Crippen LogP contribution in [0.1, 0.15) is 47.3 Å². The Balaban J connectivity index is 1.74. The largest absolute Gasteiger partial charge is 0.507 e. The van der Waals surface area contributed by atoms with Crippen LogP contribution in [0.5, 0.6) is 11.5 Å². The van der Waals surface area contributed by atoms with Crippen molar-refractivity contribution in [2.75, 3.05) is 20.2 Å². The van der Waals surface area contributed by atoms with Gasteiger partial charge in [0.05, 0.1) is 16.4 Å². The van der Waals surface area contributed by atoms with Gasteiger partial charge in [-0.2, -0.15) is 4.31 Å². The first-order chi connectivity index (χ1) is 15.6. The number of phenols is 1. The molecular formula is C24H29NO7S. The topological polar surface area (TPSA) is 121 Å². The van der Waals surface area contributed by atoms with Gasteiger partial charge in [0.15, 0.2) is 5.78 Å². The molecule has 178 valence electrons. The first-order valence-electron chi connectivity index (χ1n) is 10.9. The number of carbonyl (C=O) groups excluding carboxylic acids is 1. The van der Waals surface area contributed by atoms with Crippen LogP contribution in [0.3, 0.4) is 0 Å². The number of hydrogen-bond acceptors (Lipinski definition) is 6. The number of carboxylic acid groups (broad SMARTS) is 1. The number of carbonyl (C=O) groups is 2. The van der Waals surface area contributed by atoms with E-state index in [1.54, 1.807) is 18.2 Å². The van der Waals surface area contributed by atoms with Crippen LogP contribution in [0.25, 0.3) is 0 Å². The first kappa shape index (κ1) is 24.7. The molecule has 9 heteroatoms. The third-order valence-corrected chi connectivity index (χ3v) is 7.91. The van der Waals surface area contributed by atoms with Gasteiger partial charge in [0.2, 0.25) is 10.0 Å². The molecule has 0 aliphatic heterocycles. The molecule has 0 radical (unpaired) electrons. The van der Waals surface area contributed by atoms with E-state index in [4.69, 9.17) is 4.74 Å². The zero-order chi connectivity index (χ0) is 24.3. The molecule has 2 N–H and O–H groups in total. The molecule has 3 rings (SSSR count). The van der Waals surface area contributed by atoms with Gasteiger partial charge in [0.1, 0.15) is 18.1 Å². The number of phenolic OH excluding ortho intramolecular Hbond substituents is 1. The highest BCUT2D eigenvalue weighted by Crippen LogP contribution is 2.34. The standard InChI is InChI=1S/C24H29NO7S/c1-4-6-19-21(10-9-18(15(2)26)23(19)27)32-12-11-25(3)33(30,31)22-8-5-7-16-13-17(24(28)29)14-20(16)22/h5,7-10,17,27H,4,6,11-14H2,1-3H3,(H,28,29). The highest BCUT2D eigenvalue weighted by Gasteiger charge is 2.33. The van der Waals surface area contributed by atoms with Gasteiger partial charge in [-0.05, 0) is 55.5 Å². The fourth-order valence-corrected chi connectivity index (χ4v) is 5.56. The van der Waals surface area contributed by atoms with E-state index < -0.39 is 21.9 Å². The summed E-state index contributed by atoms with van der Waals surface area (Å²) in [5, 5.41) is 19.8. The number of hydrogen-bond donors (Lipinski definition) is 2. The zero-order valence-corrected chi connectivity index (χ0v) is 19.8. The van der Waals surface area contributed by atoms with Gasteiger partial charge < -0.3 is 14.9 Å². The number of fused-ring (bicyclic) bond motifs is 1. The average Bonchev–Trinajstić information content (AvgIpc) is 3.20. The lowest BCUT2D eigenvalue weighted by Gasteiger charge is -2.20. The Morgan fingerprint density at radius 3 is 2.55 bits per heavy atom. The number of aliphatic carboxylic acids is 1. The Kier molecular flexibility index (Phi) is 7.44. The third-order valence-electron chi connectivity index (χ3n) is 5.97. The molecule has 1 atom stereocenters. The lowest BCUT2D eigenvalue weighted by atomic mass is 10.0. The molecule has 1 unspecified atom stereocenters. The second-order valence-corrected chi connectivity index (χ2v) is 10.3. The van der Waals surface area contributed by atoms with E-state index in [0.29, 0.717) is 29.7 Å². The Bertz CT molecular complexity index is 1170. The molecule has 0 saturated carbocycles. The molecule has 0 heterocycles. The number of likely N-dealkylation sites (N-methyl/N-ethyl adjacent to an activating group) is 1. The van der Waals surface area contributed by atoms with Crippen molar-refractivity contribution in [3.05, 3.63) is 52.6 Å². The SMILES string of the molecule is CCCc1c(OCCN(C)S(=O)(=O)c2cccc3c2CC(C(=O)O)C3)ccc(C(C)=O)c1O. The highest BCUT2D eigenvalue weighted by molar-refractivity contribution is 7.89. The molecule has 8 nitrogen and oxygen atoms in total. The van der Waals surface area contributed by atoms with E-state index in [1.165, 1.54) is 30.4 Å². The third kappa shape index (κ3) is 5.04. The minimum atomic E-state index is -3.85. The number of sulfonamides is 1. The second kappa shape index (κ2) is 9.93. The van der Waals surface area contributed by atoms with E-state index >= 15 is 0 Å². The lowest BCUT2D eigenvalue weighted by Crippen LogP contribution is -2.31. The van der Waals surface area contributed by atoms with Crippen LogP contribution >= 0.6 is 0 Å². The molecule has 0 saturated heterocycles. The quantitative estimate of drug-likeness (QED) is 0.507. The Morgan fingerprint density at radius 2 is 1.91 bits per heavy atom. The highest BCUT2D eigenvalue weighted by atomic mass is 32.2. The van der Waals surface area contributed by atoms with Crippen LogP contribution in [-0.2, 0) is 34.1 Å². The Hall–Kier alpha value is -2.91. The van der Waals surface area contributed by atoms with Crippen molar-refractivity contribution < 1.29 is 33.0 Å². The fourth-order valence-electron chi connectivity index (χ4n) is 4.14. The van der Waals surface area contributed by atoms with Crippen molar-refractivity contribution in [2.45, 2.75) is 44.4 Å². The van der Waals surface area contributed by atoms with E-state index in [9.17, 15) is 28.2 Å². The molecule has 2 aromatic rings. The number of Topliss-reactive ketones (excluding diaryl/α,β-unsaturated/α-hetero) is 1. The van der Waals surface area contributed by atoms with Crippen molar-refractivity contribution in [2.24, 2.45) is 5.92 Å². The fraction of sp³-hybridized carbons (Fsp3) is 0.417. The Morgan fingerprint density at radius 1 is 1.18 bits per heavy atom. The normalized spacial score (nSPS) is 15.5. The van der Waals surface area contributed by atoms with E-state index in [2.05, 4.69) is 0 Å². The number of carboxylic acids is 1. The van der Waals surface area contributed by atoms with Gasteiger partial charge in [-0.3, -0.25) is 9.59 Å². The summed E-state index contributed by atoms with van der Waals surface area (Å²) < 4.78 is 33.4. The van der Waals surface area contributed by atoms with Crippen molar-refractivity contribution in [1.29, 1.82) is 0 Å². The average molecular weight is 476 g/mol. The van der Waals surface area contributed by atoms with E-state index in [-0.39, 0.29) is 41.6 Å². The summed E-state index contributed by atoms with van der Waals surface area (Å²) in [6, 6.07) is 8.03. The van der Waals surface area contributed by atoms with Crippen molar-refractivity contribution >= 4 is 21.8 Å².